The molecule has 49 heavy (non-hydrogen) atoms. The minimum Gasteiger partial charge on any atom is -0.537 e. The molecule has 0 radical (unpaired) electrons. The Labute approximate surface area is 311 Å². The SMILES string of the molecule is CC(=O)Nc1ccccn1.CC(=O)Nc1ccccn1.ClC(Cl)Cl.O=C1[N-]S(=O)(=O)c2ccccc21.O=C1[N-]S(=O)(=O)c2ccccc21.[Pd+2]. The van der Waals surface area contributed by atoms with Gasteiger partial charge in [-0.1, -0.05) is 83.3 Å². The van der Waals surface area contributed by atoms with Crippen molar-refractivity contribution >= 4 is 90.1 Å². The molecular formula is C29H25Cl3N6O8PdS2. The van der Waals surface area contributed by atoms with Crippen LogP contribution in [0.15, 0.2) is 107 Å². The van der Waals surface area contributed by atoms with Crippen molar-refractivity contribution in [2.45, 2.75) is 27.9 Å². The summed E-state index contributed by atoms with van der Waals surface area (Å²) in [5.74, 6) is -0.362. The molecule has 2 N–H and O–H groups in total. The molecule has 0 aliphatic carbocycles. The molecule has 4 aromatic rings. The van der Waals surface area contributed by atoms with Crippen LogP contribution in [0, 0.1) is 0 Å². The Balaban J connectivity index is 0.000000314. The number of carbonyl (C=O) groups is 4. The van der Waals surface area contributed by atoms with Crippen molar-refractivity contribution in [1.29, 1.82) is 0 Å². The molecule has 0 unspecified atom stereocenters. The molecule has 2 aliphatic rings. The molecule has 4 amide bonds. The first kappa shape index (κ1) is 43.1. The van der Waals surface area contributed by atoms with E-state index in [-0.39, 0.29) is 53.2 Å². The zero-order valence-electron chi connectivity index (χ0n) is 25.1. The third kappa shape index (κ3) is 15.0. The fourth-order valence-electron chi connectivity index (χ4n) is 3.39. The van der Waals surface area contributed by atoms with Gasteiger partial charge < -0.3 is 29.7 Å². The van der Waals surface area contributed by atoms with E-state index in [9.17, 15) is 36.0 Å². The van der Waals surface area contributed by atoms with Crippen LogP contribution in [0.3, 0.4) is 0 Å². The number of amides is 4. The maximum atomic E-state index is 11.1. The summed E-state index contributed by atoms with van der Waals surface area (Å²) in [4.78, 5) is 50.6. The molecule has 0 saturated carbocycles. The van der Waals surface area contributed by atoms with Crippen LogP contribution < -0.4 is 10.6 Å². The monoisotopic (exact) mass is 860 g/mol. The second-order valence-electron chi connectivity index (χ2n) is 8.78. The predicted molar refractivity (Wildman–Crippen MR) is 181 cm³/mol. The Morgan fingerprint density at radius 3 is 1.18 bits per heavy atom. The van der Waals surface area contributed by atoms with Crippen LogP contribution in [-0.4, -0.2) is 54.7 Å². The third-order valence-corrected chi connectivity index (χ3v) is 7.77. The van der Waals surface area contributed by atoms with E-state index < -0.39 is 36.2 Å². The molecular weight excluding hydrogens is 837 g/mol. The molecule has 0 atom stereocenters. The average Bonchev–Trinajstić information content (AvgIpc) is 3.40. The first-order valence-electron chi connectivity index (χ1n) is 13.1. The number of nitrogens with zero attached hydrogens (tertiary/aromatic N) is 4. The van der Waals surface area contributed by atoms with Gasteiger partial charge in [0.25, 0.3) is 0 Å². The number of nitrogens with one attached hydrogen (secondary N) is 2. The minimum absolute atomic E-state index is 0. The molecule has 2 aromatic heterocycles. The number of pyridine rings is 2. The summed E-state index contributed by atoms with van der Waals surface area (Å²) in [6, 6.07) is 22.7. The topological polar surface area (TPSA) is 215 Å². The number of fused-ring (bicyclic) bond motifs is 2. The number of sulfonamides is 2. The van der Waals surface area contributed by atoms with Crippen molar-refractivity contribution < 1.29 is 56.4 Å². The number of hydrogen-bond donors (Lipinski definition) is 2. The van der Waals surface area contributed by atoms with E-state index in [2.05, 4.69) is 30.0 Å². The molecule has 2 aliphatic heterocycles. The summed E-state index contributed by atoms with van der Waals surface area (Å²) in [5, 5.41) is 5.11. The smallest absolute Gasteiger partial charge is 0.537 e. The number of alkyl halides is 3. The third-order valence-electron chi connectivity index (χ3n) is 5.13. The van der Waals surface area contributed by atoms with Gasteiger partial charge in [-0.15, -0.1) is 0 Å². The minimum atomic E-state index is -3.68. The normalized spacial score (nSPS) is 13.4. The molecule has 14 nitrogen and oxygen atoms in total. The Hall–Kier alpha value is -3.95. The number of rotatable bonds is 2. The van der Waals surface area contributed by atoms with Crippen molar-refractivity contribution in [1.82, 2.24) is 9.97 Å². The van der Waals surface area contributed by atoms with Crippen LogP contribution in [0.25, 0.3) is 9.44 Å². The second kappa shape index (κ2) is 20.5. The molecule has 0 fully saturated rings. The van der Waals surface area contributed by atoms with Crippen LogP contribution in [0.5, 0.6) is 0 Å². The zero-order valence-corrected chi connectivity index (χ0v) is 30.6. The maximum Gasteiger partial charge on any atom is 2.00 e. The molecule has 262 valence electrons. The predicted octanol–water partition coefficient (Wildman–Crippen LogP) is 5.87. The largest absolute Gasteiger partial charge is 2.00 e. The molecule has 20 heteroatoms. The first-order valence-corrected chi connectivity index (χ1v) is 17.2. The van der Waals surface area contributed by atoms with Crippen LogP contribution in [0.4, 0.5) is 11.6 Å². The van der Waals surface area contributed by atoms with E-state index in [1.54, 1.807) is 60.9 Å². The zero-order chi connectivity index (χ0) is 35.9. The number of benzene rings is 2. The van der Waals surface area contributed by atoms with E-state index in [4.69, 9.17) is 34.8 Å². The number of anilines is 2. The summed E-state index contributed by atoms with van der Waals surface area (Å²) in [7, 11) is -7.36. The quantitative estimate of drug-likeness (QED) is 0.181. The van der Waals surface area contributed by atoms with Crippen molar-refractivity contribution in [3.05, 3.63) is 118 Å². The number of aromatic nitrogens is 2. The average molecular weight is 862 g/mol. The Bertz CT molecular complexity index is 1820. The van der Waals surface area contributed by atoms with Gasteiger partial charge in [0.05, 0.1) is 21.6 Å². The van der Waals surface area contributed by atoms with Crippen LogP contribution in [0.1, 0.15) is 34.6 Å². The van der Waals surface area contributed by atoms with Gasteiger partial charge in [0, 0.05) is 37.4 Å². The van der Waals surface area contributed by atoms with E-state index in [0.29, 0.717) is 11.6 Å². The first-order chi connectivity index (χ1) is 22.5. The van der Waals surface area contributed by atoms with Crippen molar-refractivity contribution in [2.24, 2.45) is 0 Å². The summed E-state index contributed by atoms with van der Waals surface area (Å²) in [6.45, 7) is 2.91. The molecule has 6 rings (SSSR count). The van der Waals surface area contributed by atoms with E-state index in [1.807, 2.05) is 12.1 Å². The van der Waals surface area contributed by atoms with Gasteiger partial charge in [-0.2, -0.15) is 0 Å². The van der Waals surface area contributed by atoms with Gasteiger partial charge in [-0.25, -0.2) is 26.8 Å². The summed E-state index contributed by atoms with van der Waals surface area (Å²) < 4.78 is 49.6. The number of carbonyl (C=O) groups excluding carboxylic acids is 4. The number of halogens is 3. The maximum absolute atomic E-state index is 11.1. The van der Waals surface area contributed by atoms with Gasteiger partial charge in [0.15, 0.2) is 4.30 Å². The van der Waals surface area contributed by atoms with Gasteiger partial charge in [0.2, 0.25) is 11.8 Å². The Morgan fingerprint density at radius 1 is 0.612 bits per heavy atom. The van der Waals surface area contributed by atoms with Crippen LogP contribution in [0.2, 0.25) is 0 Å². The molecule has 0 bridgehead atoms. The van der Waals surface area contributed by atoms with Crippen LogP contribution >= 0.6 is 34.8 Å². The fraction of sp³-hybridized carbons (Fsp3) is 0.103. The fourth-order valence-corrected chi connectivity index (χ4v) is 5.58. The van der Waals surface area contributed by atoms with Gasteiger partial charge in [-0.3, -0.25) is 9.59 Å². The van der Waals surface area contributed by atoms with E-state index in [0.717, 1.165) is 0 Å². The van der Waals surface area contributed by atoms with Crippen molar-refractivity contribution in [2.75, 3.05) is 10.6 Å². The summed E-state index contributed by atoms with van der Waals surface area (Å²) >= 11 is 14.4. The van der Waals surface area contributed by atoms with Gasteiger partial charge in [-0.05, 0) is 36.4 Å². The Kier molecular flexibility index (Phi) is 18.1. The van der Waals surface area contributed by atoms with Crippen LogP contribution in [-0.2, 0) is 50.1 Å². The van der Waals surface area contributed by atoms with Gasteiger partial charge in [0.1, 0.15) is 31.7 Å². The Morgan fingerprint density at radius 2 is 0.918 bits per heavy atom. The molecule has 0 saturated heterocycles. The summed E-state index contributed by atoms with van der Waals surface area (Å²) in [6.07, 6.45) is 3.26. The standard InChI is InChI=1S/2C7H8N2O.2C7H5NO3S.CHCl3.Pd/c2*1-6(10)9-7-4-2-3-5-8-7;2*9-7-5-3-1-2-4-6(5)12(10,11)8-7;2-1(3)4;/h2*2-5H,1H3,(H,8,9,10);2*1-4H,(H,8,9);1H;/q;;;;;+2/p-2. The molecule has 4 heterocycles. The molecule has 2 aromatic carbocycles. The van der Waals surface area contributed by atoms with E-state index >= 15 is 0 Å². The van der Waals surface area contributed by atoms with Gasteiger partial charge >= 0.3 is 20.4 Å². The second-order valence-corrected chi connectivity index (χ2v) is 13.9. The van der Waals surface area contributed by atoms with Crippen molar-refractivity contribution in [3.8, 4) is 0 Å². The number of hydrogen-bond acceptors (Lipinski definition) is 10. The van der Waals surface area contributed by atoms with E-state index in [1.165, 1.54) is 38.1 Å². The summed E-state index contributed by atoms with van der Waals surface area (Å²) in [5.41, 5.74) is 0.329. The van der Waals surface area contributed by atoms with Crippen molar-refractivity contribution in [3.63, 3.8) is 0 Å². The molecule has 0 spiro atoms.